The quantitative estimate of drug-likeness (QED) is 0.160. The van der Waals surface area contributed by atoms with Gasteiger partial charge in [0, 0.05) is 6.08 Å². The molecule has 1 N–H and O–H groups in total. The minimum Gasteiger partial charge on any atom is -0.463 e. The average molecular weight is 339 g/mol. The lowest BCUT2D eigenvalue weighted by Gasteiger charge is -2.07. The molecule has 1 unspecified atom stereocenters. The molecule has 0 heterocycles. The van der Waals surface area contributed by atoms with Crippen molar-refractivity contribution in [3.05, 3.63) is 24.8 Å². The second-order valence-corrected chi connectivity index (χ2v) is 6.49. The van der Waals surface area contributed by atoms with Crippen LogP contribution in [0.25, 0.3) is 0 Å². The number of rotatable bonds is 17. The normalized spacial score (nSPS) is 12.4. The molecular formula is C21H38O3. The van der Waals surface area contributed by atoms with Crippen molar-refractivity contribution in [2.75, 3.05) is 6.61 Å². The Labute approximate surface area is 149 Å². The van der Waals surface area contributed by atoms with Gasteiger partial charge in [-0.25, -0.2) is 4.79 Å². The van der Waals surface area contributed by atoms with E-state index in [1.807, 2.05) is 0 Å². The summed E-state index contributed by atoms with van der Waals surface area (Å²) in [6.45, 7) is 6.08. The van der Waals surface area contributed by atoms with Gasteiger partial charge < -0.3 is 9.84 Å². The molecular weight excluding hydrogens is 300 g/mol. The molecule has 3 nitrogen and oxygen atoms in total. The summed E-state index contributed by atoms with van der Waals surface area (Å²) in [5.41, 5.74) is 0. The Morgan fingerprint density at radius 3 is 2.38 bits per heavy atom. The van der Waals surface area contributed by atoms with Gasteiger partial charge in [0.05, 0.1) is 12.7 Å². The van der Waals surface area contributed by atoms with Gasteiger partial charge in [-0.15, -0.1) is 0 Å². The van der Waals surface area contributed by atoms with E-state index in [1.54, 1.807) is 0 Å². The van der Waals surface area contributed by atoms with Crippen LogP contribution in [0.3, 0.4) is 0 Å². The van der Waals surface area contributed by atoms with Crippen LogP contribution in [0.1, 0.15) is 90.4 Å². The lowest BCUT2D eigenvalue weighted by Crippen LogP contribution is -2.04. The van der Waals surface area contributed by atoms with Gasteiger partial charge in [-0.1, -0.05) is 77.0 Å². The van der Waals surface area contributed by atoms with Crippen molar-refractivity contribution in [3.63, 3.8) is 0 Å². The predicted molar refractivity (Wildman–Crippen MR) is 102 cm³/mol. The van der Waals surface area contributed by atoms with E-state index >= 15 is 0 Å². The van der Waals surface area contributed by atoms with Crippen LogP contribution in [-0.4, -0.2) is 23.8 Å². The number of hydrogen-bond acceptors (Lipinski definition) is 3. The van der Waals surface area contributed by atoms with E-state index in [9.17, 15) is 9.90 Å². The molecule has 0 saturated heterocycles. The summed E-state index contributed by atoms with van der Waals surface area (Å²) in [6, 6.07) is 0. The Balaban J connectivity index is 3.25. The van der Waals surface area contributed by atoms with Crippen LogP contribution in [0.15, 0.2) is 24.8 Å². The summed E-state index contributed by atoms with van der Waals surface area (Å²) in [5, 5.41) is 9.85. The summed E-state index contributed by atoms with van der Waals surface area (Å²) >= 11 is 0. The Morgan fingerprint density at radius 1 is 1.00 bits per heavy atom. The summed E-state index contributed by atoms with van der Waals surface area (Å²) in [4.78, 5) is 10.8. The molecule has 3 heteroatoms. The fourth-order valence-electron chi connectivity index (χ4n) is 2.60. The van der Waals surface area contributed by atoms with Gasteiger partial charge in [0.1, 0.15) is 0 Å². The van der Waals surface area contributed by atoms with Crippen LogP contribution in [0, 0.1) is 0 Å². The summed E-state index contributed by atoms with van der Waals surface area (Å²) < 4.78 is 4.93. The third kappa shape index (κ3) is 17.3. The molecule has 0 aromatic heterocycles. The van der Waals surface area contributed by atoms with Gasteiger partial charge in [-0.2, -0.15) is 0 Å². The van der Waals surface area contributed by atoms with E-state index in [-0.39, 0.29) is 12.1 Å². The first-order valence-electron chi connectivity index (χ1n) is 9.83. The number of aliphatic hydroxyl groups excluding tert-OH is 1. The van der Waals surface area contributed by atoms with Crippen LogP contribution < -0.4 is 0 Å². The van der Waals surface area contributed by atoms with Crippen molar-refractivity contribution in [1.82, 2.24) is 0 Å². The first-order chi connectivity index (χ1) is 11.7. The number of hydrogen-bond donors (Lipinski definition) is 1. The van der Waals surface area contributed by atoms with E-state index < -0.39 is 0 Å². The van der Waals surface area contributed by atoms with Crippen molar-refractivity contribution in [1.29, 1.82) is 0 Å². The van der Waals surface area contributed by atoms with Crippen molar-refractivity contribution < 1.29 is 14.6 Å². The number of allylic oxidation sites excluding steroid dienone is 1. The number of carbonyl (C=O) groups is 1. The number of esters is 1. The van der Waals surface area contributed by atoms with Crippen molar-refractivity contribution >= 4 is 5.97 Å². The molecule has 0 aliphatic carbocycles. The minimum absolute atomic E-state index is 0.159. The molecule has 0 bridgehead atoms. The van der Waals surface area contributed by atoms with Gasteiger partial charge in [0.25, 0.3) is 0 Å². The second kappa shape index (κ2) is 18.3. The Bertz CT molecular complexity index is 323. The maximum absolute atomic E-state index is 10.8. The first-order valence-corrected chi connectivity index (χ1v) is 9.83. The zero-order valence-corrected chi connectivity index (χ0v) is 15.7. The lowest BCUT2D eigenvalue weighted by molar-refractivity contribution is -0.137. The molecule has 24 heavy (non-hydrogen) atoms. The molecule has 0 rings (SSSR count). The van der Waals surface area contributed by atoms with E-state index in [2.05, 4.69) is 25.7 Å². The largest absolute Gasteiger partial charge is 0.463 e. The summed E-state index contributed by atoms with van der Waals surface area (Å²) in [6.07, 6.45) is 20.1. The third-order valence-corrected chi connectivity index (χ3v) is 4.14. The third-order valence-electron chi connectivity index (χ3n) is 4.14. The summed E-state index contributed by atoms with van der Waals surface area (Å²) in [5.74, 6) is -0.326. The fourth-order valence-corrected chi connectivity index (χ4v) is 2.60. The lowest BCUT2D eigenvalue weighted by atomic mass is 10.1. The highest BCUT2D eigenvalue weighted by Crippen LogP contribution is 2.10. The Morgan fingerprint density at radius 2 is 1.67 bits per heavy atom. The topological polar surface area (TPSA) is 46.5 Å². The maximum Gasteiger partial charge on any atom is 0.330 e. The van der Waals surface area contributed by atoms with Gasteiger partial charge in [0.2, 0.25) is 0 Å². The van der Waals surface area contributed by atoms with Crippen LogP contribution in [-0.2, 0) is 9.53 Å². The van der Waals surface area contributed by atoms with E-state index in [4.69, 9.17) is 4.74 Å². The van der Waals surface area contributed by atoms with E-state index in [0.29, 0.717) is 6.61 Å². The molecule has 0 radical (unpaired) electrons. The van der Waals surface area contributed by atoms with Crippen molar-refractivity contribution in [2.45, 2.75) is 96.5 Å². The Hall–Kier alpha value is -1.09. The van der Waals surface area contributed by atoms with Gasteiger partial charge in [-0.05, 0) is 32.1 Å². The number of ether oxygens (including phenoxy) is 1. The Kier molecular flexibility index (Phi) is 17.4. The SMILES string of the molecule is C=CC(=O)OCCCCCCCC/C=C\CC(O)CCCCCC. The highest BCUT2D eigenvalue weighted by Gasteiger charge is 2.00. The molecule has 0 aliphatic rings. The molecule has 0 aromatic rings. The van der Waals surface area contributed by atoms with Crippen molar-refractivity contribution in [2.24, 2.45) is 0 Å². The molecule has 0 amide bonds. The zero-order valence-electron chi connectivity index (χ0n) is 15.7. The standard InChI is InChI=1S/C21H38O3/c1-3-5-6-14-17-20(22)18-15-12-10-8-7-9-11-13-16-19-24-21(23)4-2/h4,12,15,20,22H,2-3,5-11,13-14,16-19H2,1H3/b15-12-. The molecule has 0 spiro atoms. The minimum atomic E-state index is -0.326. The van der Waals surface area contributed by atoms with Gasteiger partial charge in [-0.3, -0.25) is 0 Å². The van der Waals surface area contributed by atoms with Crippen LogP contribution in [0.4, 0.5) is 0 Å². The zero-order chi connectivity index (χ0) is 17.9. The van der Waals surface area contributed by atoms with Crippen molar-refractivity contribution in [3.8, 4) is 0 Å². The van der Waals surface area contributed by atoms with Gasteiger partial charge in [0.15, 0.2) is 0 Å². The molecule has 1 atom stereocenters. The predicted octanol–water partition coefficient (Wildman–Crippen LogP) is 5.72. The van der Waals surface area contributed by atoms with E-state index in [0.717, 1.165) is 38.5 Å². The first kappa shape index (κ1) is 22.9. The molecule has 0 aliphatic heterocycles. The summed E-state index contributed by atoms with van der Waals surface area (Å²) in [7, 11) is 0. The van der Waals surface area contributed by atoms with Crippen LogP contribution in [0.5, 0.6) is 0 Å². The van der Waals surface area contributed by atoms with Gasteiger partial charge >= 0.3 is 5.97 Å². The molecule has 0 aromatic carbocycles. The highest BCUT2D eigenvalue weighted by molar-refractivity contribution is 5.81. The second-order valence-electron chi connectivity index (χ2n) is 6.49. The number of carbonyl (C=O) groups excluding carboxylic acids is 1. The fraction of sp³-hybridized carbons (Fsp3) is 0.762. The van der Waals surface area contributed by atoms with Crippen LogP contribution >= 0.6 is 0 Å². The number of aliphatic hydroxyl groups is 1. The molecule has 0 saturated carbocycles. The number of unbranched alkanes of at least 4 members (excludes halogenated alkanes) is 9. The van der Waals surface area contributed by atoms with E-state index in [1.165, 1.54) is 51.0 Å². The monoisotopic (exact) mass is 338 g/mol. The smallest absolute Gasteiger partial charge is 0.330 e. The average Bonchev–Trinajstić information content (AvgIpc) is 2.59. The molecule has 140 valence electrons. The van der Waals surface area contributed by atoms with Crippen LogP contribution in [0.2, 0.25) is 0 Å². The highest BCUT2D eigenvalue weighted by atomic mass is 16.5. The molecule has 0 fully saturated rings. The maximum atomic E-state index is 10.8.